The van der Waals surface area contributed by atoms with E-state index in [1.165, 1.54) is 11.3 Å². The van der Waals surface area contributed by atoms with Crippen molar-refractivity contribution in [2.75, 3.05) is 91.6 Å². The van der Waals surface area contributed by atoms with Gasteiger partial charge in [-0.1, -0.05) is 42.5 Å². The fraction of sp³-hybridized carbons (Fsp3) is 0.510. The molecule has 1 saturated heterocycles. The van der Waals surface area contributed by atoms with Gasteiger partial charge in [0.2, 0.25) is 11.8 Å². The van der Waals surface area contributed by atoms with Crippen molar-refractivity contribution in [1.82, 2.24) is 45.8 Å². The number of urea groups is 1. The zero-order valence-electron chi connectivity index (χ0n) is 41.3. The predicted octanol–water partition coefficient (Wildman–Crippen LogP) is -0.0406. The largest absolute Gasteiger partial charge is 0.481 e. The molecule has 0 saturated carbocycles. The maximum absolute atomic E-state index is 14.0. The first-order chi connectivity index (χ1) is 35.7. The van der Waals surface area contributed by atoms with Crippen LogP contribution in [0.5, 0.6) is 0 Å². The van der Waals surface area contributed by atoms with Crippen LogP contribution in [0, 0.1) is 0 Å². The number of fused-ring (bicyclic) bond motifs is 2. The number of carbonyl (C=O) groups excluding carboxylic acids is 4. The maximum atomic E-state index is 14.0. The summed E-state index contributed by atoms with van der Waals surface area (Å²) in [7, 11) is 0. The molecule has 1 aromatic heterocycles. The lowest BCUT2D eigenvalue weighted by Crippen LogP contribution is -2.51. The molecule has 75 heavy (non-hydrogen) atoms. The quantitative estimate of drug-likeness (QED) is 0.0498. The van der Waals surface area contributed by atoms with Gasteiger partial charge in [-0.25, -0.2) is 14.4 Å². The van der Waals surface area contributed by atoms with Crippen molar-refractivity contribution in [3.05, 3.63) is 69.4 Å². The lowest BCUT2D eigenvalue weighted by atomic mass is 10.0. The number of carbonyl (C=O) groups is 10. The summed E-state index contributed by atoms with van der Waals surface area (Å²) in [6.45, 7) is 1.66. The van der Waals surface area contributed by atoms with Crippen molar-refractivity contribution in [3.8, 4) is 0 Å². The number of nitrogens with one attached hydrogen (secondary N) is 4. The molecule has 3 aromatic rings. The van der Waals surface area contributed by atoms with Gasteiger partial charge in [0.05, 0.1) is 31.1 Å². The van der Waals surface area contributed by atoms with E-state index in [0.717, 1.165) is 26.8 Å². The zero-order chi connectivity index (χ0) is 54.6. The van der Waals surface area contributed by atoms with Gasteiger partial charge in [0.1, 0.15) is 18.1 Å². The van der Waals surface area contributed by atoms with Crippen molar-refractivity contribution in [2.24, 2.45) is 0 Å². The van der Waals surface area contributed by atoms with Crippen molar-refractivity contribution < 1.29 is 78.6 Å². The molecule has 5 rings (SSSR count). The molecule has 5 amide bonds. The number of rotatable bonds is 25. The second-order valence-corrected chi connectivity index (χ2v) is 19.6. The monoisotopic (exact) mass is 1070 g/mol. The molecule has 3 atom stereocenters. The van der Waals surface area contributed by atoms with Gasteiger partial charge in [0.15, 0.2) is 0 Å². The summed E-state index contributed by atoms with van der Waals surface area (Å²) >= 11 is 1.25. The highest BCUT2D eigenvalue weighted by molar-refractivity contribution is 7.14. The van der Waals surface area contributed by atoms with E-state index in [0.29, 0.717) is 17.8 Å². The van der Waals surface area contributed by atoms with Crippen LogP contribution in [0.1, 0.15) is 57.8 Å². The summed E-state index contributed by atoms with van der Waals surface area (Å²) in [5.41, 5.74) is 1.52. The topological polar surface area (TPSA) is 356 Å². The highest BCUT2D eigenvalue weighted by Gasteiger charge is 2.30. The molecule has 408 valence electrons. The lowest BCUT2D eigenvalue weighted by Gasteiger charge is -2.34. The SMILES string of the molecule is O=C(O)CC[C@H](NC(=O)N[C@@H](CCCCNC(=O)[C@H](Cc1ccc2ccccc2c1)NC(=O)c1cc2c(s1)CCN(C(=O)CN1CCN(CC(=O)O)CCN(CC(=O)O)CCN(CC(=O)O)CC1)C2)C(=O)O)C(=O)O. The molecule has 0 spiro atoms. The van der Waals surface area contributed by atoms with Crippen molar-refractivity contribution in [3.63, 3.8) is 0 Å². The van der Waals surface area contributed by atoms with Crippen LogP contribution in [0.15, 0.2) is 48.5 Å². The Hall–Kier alpha value is -7.26. The van der Waals surface area contributed by atoms with E-state index in [9.17, 15) is 73.5 Å². The van der Waals surface area contributed by atoms with Gasteiger partial charge in [-0.2, -0.15) is 0 Å². The smallest absolute Gasteiger partial charge is 0.326 e. The van der Waals surface area contributed by atoms with Gasteiger partial charge >= 0.3 is 41.8 Å². The highest BCUT2D eigenvalue weighted by Crippen LogP contribution is 2.29. The van der Waals surface area contributed by atoms with E-state index in [-0.39, 0.29) is 123 Å². The number of nitrogens with zero attached hydrogens (tertiary/aromatic N) is 5. The molecule has 3 heterocycles. The summed E-state index contributed by atoms with van der Waals surface area (Å²) in [6, 6.07) is 9.89. The molecule has 25 nitrogen and oxygen atoms in total. The van der Waals surface area contributed by atoms with Crippen LogP contribution in [0.4, 0.5) is 4.79 Å². The van der Waals surface area contributed by atoms with Gasteiger partial charge in [0.25, 0.3) is 5.91 Å². The fourth-order valence-corrected chi connectivity index (χ4v) is 9.79. The first kappa shape index (κ1) is 58.6. The van der Waals surface area contributed by atoms with Crippen LogP contribution in [0.25, 0.3) is 10.8 Å². The number of carboxylic acid groups (broad SMARTS) is 6. The van der Waals surface area contributed by atoms with E-state index < -0.39 is 84.6 Å². The molecule has 2 aliphatic heterocycles. The predicted molar refractivity (Wildman–Crippen MR) is 269 cm³/mol. The normalized spacial score (nSPS) is 16.5. The number of aliphatic carboxylic acids is 6. The number of benzene rings is 2. The molecule has 10 N–H and O–H groups in total. The third-order valence-electron chi connectivity index (χ3n) is 12.8. The Morgan fingerprint density at radius 2 is 1.09 bits per heavy atom. The number of hydrogen-bond donors (Lipinski definition) is 10. The van der Waals surface area contributed by atoms with Gasteiger partial charge in [-0.15, -0.1) is 11.3 Å². The van der Waals surface area contributed by atoms with Crippen LogP contribution in [0.2, 0.25) is 0 Å². The molecule has 0 aliphatic carbocycles. The Bertz CT molecular complexity index is 2510. The Morgan fingerprint density at radius 3 is 1.63 bits per heavy atom. The van der Waals surface area contributed by atoms with E-state index >= 15 is 0 Å². The van der Waals surface area contributed by atoms with Gasteiger partial charge in [0, 0.05) is 89.7 Å². The number of thiophene rings is 1. The van der Waals surface area contributed by atoms with Gasteiger partial charge in [-0.05, 0) is 60.1 Å². The average molecular weight is 1070 g/mol. The lowest BCUT2D eigenvalue weighted by molar-refractivity contribution is -0.141. The minimum Gasteiger partial charge on any atom is -0.481 e. The number of amides is 5. The Morgan fingerprint density at radius 1 is 0.560 bits per heavy atom. The molecule has 26 heteroatoms. The summed E-state index contributed by atoms with van der Waals surface area (Å²) in [5.74, 6) is -8.60. The van der Waals surface area contributed by atoms with Crippen LogP contribution in [0.3, 0.4) is 0 Å². The summed E-state index contributed by atoms with van der Waals surface area (Å²) in [5, 5.41) is 68.4. The fourth-order valence-electron chi connectivity index (χ4n) is 8.72. The second-order valence-electron chi connectivity index (χ2n) is 18.4. The average Bonchev–Trinajstić information content (AvgIpc) is 3.78. The highest BCUT2D eigenvalue weighted by atomic mass is 32.1. The Balaban J connectivity index is 1.21. The molecule has 0 bridgehead atoms. The van der Waals surface area contributed by atoms with Crippen LogP contribution in [-0.2, 0) is 57.7 Å². The van der Waals surface area contributed by atoms with E-state index in [1.54, 1.807) is 25.7 Å². The third kappa shape index (κ3) is 19.8. The van der Waals surface area contributed by atoms with E-state index in [4.69, 9.17) is 5.11 Å². The van der Waals surface area contributed by atoms with Gasteiger partial charge < -0.3 is 56.8 Å². The Kier molecular flexibility index (Phi) is 22.7. The van der Waals surface area contributed by atoms with Crippen LogP contribution < -0.4 is 21.3 Å². The molecule has 2 aliphatic rings. The summed E-state index contributed by atoms with van der Waals surface area (Å²) in [6.07, 6.45) is -0.0247. The molecule has 1 fully saturated rings. The second kappa shape index (κ2) is 29.0. The van der Waals surface area contributed by atoms with Gasteiger partial charge in [-0.3, -0.25) is 53.2 Å². The molecule has 2 aromatic carbocycles. The van der Waals surface area contributed by atoms with Crippen molar-refractivity contribution in [1.29, 1.82) is 0 Å². The zero-order valence-corrected chi connectivity index (χ0v) is 42.1. The van der Waals surface area contributed by atoms with E-state index in [2.05, 4.69) is 21.3 Å². The van der Waals surface area contributed by atoms with Crippen LogP contribution >= 0.6 is 11.3 Å². The minimum atomic E-state index is -1.56. The maximum Gasteiger partial charge on any atom is 0.326 e. The molecular formula is C49H65N9O16S. The standard InChI is InChI=1S/C49H65N9O16S/c59-40(27-54-15-17-55(28-42(62)63)19-21-57(30-44(66)67)22-20-56(18-16-54)29-43(64)65)58-14-12-38-34(26-58)25-39(75-38)46(69)51-37(24-31-8-9-32-5-1-2-6-33(32)23-31)45(68)50-13-4-3-7-35(47(70)71)52-49(74)53-36(48(72)73)10-11-41(60)61/h1-2,5-6,8-9,23,25,35-37H,3-4,7,10-22,24,26-30H2,(H,50,68)(H,51,69)(H,60,61)(H,62,63)(H,64,65)(H,66,67)(H,70,71)(H,72,73)(H2,52,53,74)/t35-,36-,37-/m0/s1. The molecular weight excluding hydrogens is 1000 g/mol. The third-order valence-corrected chi connectivity index (χ3v) is 14.0. The first-order valence-electron chi connectivity index (χ1n) is 24.5. The number of unbranched alkanes of at least 4 members (excludes halogenated alkanes) is 1. The van der Waals surface area contributed by atoms with Crippen LogP contribution in [-0.4, -0.2) is 224 Å². The van der Waals surface area contributed by atoms with Crippen molar-refractivity contribution in [2.45, 2.75) is 69.6 Å². The summed E-state index contributed by atoms with van der Waals surface area (Å²) in [4.78, 5) is 133. The molecule has 0 radical (unpaired) electrons. The number of hydrogen-bond acceptors (Lipinski definition) is 15. The number of carboxylic acids is 6. The minimum absolute atomic E-state index is 0.0495. The molecule has 0 unspecified atom stereocenters. The van der Waals surface area contributed by atoms with Crippen molar-refractivity contribution >= 4 is 81.7 Å². The Labute approximate surface area is 435 Å². The summed E-state index contributed by atoms with van der Waals surface area (Å²) < 4.78 is 0. The van der Waals surface area contributed by atoms with E-state index in [1.807, 2.05) is 47.4 Å². The first-order valence-corrected chi connectivity index (χ1v) is 25.3.